The number of hydrogen-bond acceptors (Lipinski definition) is 7. The third-order valence-corrected chi connectivity index (χ3v) is 4.74. The van der Waals surface area contributed by atoms with E-state index in [2.05, 4.69) is 10.3 Å². The molecule has 2 aromatic heterocycles. The van der Waals surface area contributed by atoms with Crippen LogP contribution in [0.3, 0.4) is 0 Å². The van der Waals surface area contributed by atoms with Gasteiger partial charge in [0.05, 0.1) is 16.1 Å². The Bertz CT molecular complexity index is 1260. The van der Waals surface area contributed by atoms with Crippen molar-refractivity contribution in [2.24, 2.45) is 0 Å². The maximum atomic E-state index is 12.3. The van der Waals surface area contributed by atoms with Gasteiger partial charge in [0.1, 0.15) is 6.54 Å². The Labute approximate surface area is 161 Å². The quantitative estimate of drug-likeness (QED) is 0.408. The molecule has 0 aliphatic rings. The summed E-state index contributed by atoms with van der Waals surface area (Å²) in [5, 5.41) is 15.6. The number of nitro benzene ring substituents is 1. The summed E-state index contributed by atoms with van der Waals surface area (Å²) in [7, 11) is 0. The van der Waals surface area contributed by atoms with Crippen LogP contribution >= 0.6 is 11.3 Å². The fourth-order valence-corrected chi connectivity index (χ4v) is 3.44. The summed E-state index contributed by atoms with van der Waals surface area (Å²) in [4.78, 5) is 39.0. The van der Waals surface area contributed by atoms with Crippen LogP contribution in [0, 0.1) is 10.1 Å². The highest BCUT2D eigenvalue weighted by Gasteiger charge is 2.15. The van der Waals surface area contributed by atoms with E-state index >= 15 is 0 Å². The van der Waals surface area contributed by atoms with Gasteiger partial charge in [-0.3, -0.25) is 19.5 Å². The highest BCUT2D eigenvalue weighted by Crippen LogP contribution is 2.27. The topological polar surface area (TPSA) is 120 Å². The van der Waals surface area contributed by atoms with Gasteiger partial charge in [0.2, 0.25) is 5.91 Å². The number of nitrogens with one attached hydrogen (secondary N) is 1. The lowest BCUT2D eigenvalue weighted by Crippen LogP contribution is -2.24. The molecule has 4 rings (SSSR count). The number of thiazole rings is 1. The number of nitrogens with zero attached hydrogens (tertiary/aromatic N) is 3. The molecule has 1 N–H and O–H groups in total. The van der Waals surface area contributed by atoms with E-state index < -0.39 is 16.6 Å². The summed E-state index contributed by atoms with van der Waals surface area (Å²) in [6.45, 7) is -0.221. The summed E-state index contributed by atoms with van der Waals surface area (Å²) in [5.41, 5.74) is 1.97. The van der Waals surface area contributed by atoms with Crippen LogP contribution in [-0.4, -0.2) is 20.4 Å². The molecule has 140 valence electrons. The molecule has 0 spiro atoms. The van der Waals surface area contributed by atoms with E-state index in [1.807, 2.05) is 0 Å². The first-order valence-corrected chi connectivity index (χ1v) is 8.98. The molecule has 10 heteroatoms. The molecule has 0 aliphatic heterocycles. The molecule has 0 fully saturated rings. The Balaban J connectivity index is 1.52. The van der Waals surface area contributed by atoms with Crippen LogP contribution < -0.4 is 11.1 Å². The molecule has 2 heterocycles. The number of amides is 1. The van der Waals surface area contributed by atoms with E-state index in [0.29, 0.717) is 27.5 Å². The zero-order chi connectivity index (χ0) is 19.7. The smallest absolute Gasteiger partial charge is 0.408 e. The molecule has 0 aliphatic carbocycles. The van der Waals surface area contributed by atoms with Gasteiger partial charge in [0, 0.05) is 23.1 Å². The minimum absolute atomic E-state index is 0.0395. The molecular weight excluding hydrogens is 384 g/mol. The van der Waals surface area contributed by atoms with Crippen molar-refractivity contribution >= 4 is 39.2 Å². The number of hydrogen-bond donors (Lipinski definition) is 1. The monoisotopic (exact) mass is 396 g/mol. The number of aromatic nitrogens is 2. The van der Waals surface area contributed by atoms with Crippen molar-refractivity contribution in [2.75, 3.05) is 5.32 Å². The van der Waals surface area contributed by atoms with Crippen molar-refractivity contribution in [1.29, 1.82) is 0 Å². The van der Waals surface area contributed by atoms with Crippen LogP contribution in [0.2, 0.25) is 0 Å². The number of para-hydroxylation sites is 2. The molecule has 0 saturated heterocycles. The van der Waals surface area contributed by atoms with Gasteiger partial charge in [-0.1, -0.05) is 24.3 Å². The number of oxazole rings is 1. The van der Waals surface area contributed by atoms with Gasteiger partial charge in [-0.05, 0) is 12.1 Å². The van der Waals surface area contributed by atoms with Gasteiger partial charge >= 0.3 is 5.76 Å². The van der Waals surface area contributed by atoms with E-state index in [1.165, 1.54) is 28.0 Å². The molecule has 0 unspecified atom stereocenters. The van der Waals surface area contributed by atoms with Crippen molar-refractivity contribution in [1.82, 2.24) is 9.55 Å². The Morgan fingerprint density at radius 1 is 1.25 bits per heavy atom. The number of rotatable bonds is 5. The van der Waals surface area contributed by atoms with Gasteiger partial charge < -0.3 is 9.73 Å². The van der Waals surface area contributed by atoms with Gasteiger partial charge in [0.25, 0.3) is 5.69 Å². The molecule has 0 radical (unpaired) electrons. The molecule has 0 bridgehead atoms. The maximum absolute atomic E-state index is 12.3. The molecule has 28 heavy (non-hydrogen) atoms. The first kappa shape index (κ1) is 17.6. The number of carbonyl (C=O) groups excluding carboxylic acids is 1. The van der Waals surface area contributed by atoms with Crippen molar-refractivity contribution in [2.45, 2.75) is 6.54 Å². The average molecular weight is 396 g/mol. The summed E-state index contributed by atoms with van der Waals surface area (Å²) in [6.07, 6.45) is 0. The molecule has 0 atom stereocenters. The average Bonchev–Trinajstić information content (AvgIpc) is 3.27. The number of carbonyl (C=O) groups is 1. The molecule has 2 aromatic carbocycles. The largest absolute Gasteiger partial charge is 0.420 e. The highest BCUT2D eigenvalue weighted by atomic mass is 32.1. The number of nitro groups is 1. The van der Waals surface area contributed by atoms with Gasteiger partial charge in [-0.25, -0.2) is 9.78 Å². The SMILES string of the molecule is O=C(Cn1c(=O)oc2ccccc21)Nc1nc(-c2cccc([N+](=O)[O-])c2)cs1. The lowest BCUT2D eigenvalue weighted by Gasteiger charge is -2.02. The predicted molar refractivity (Wildman–Crippen MR) is 103 cm³/mol. The standard InChI is InChI=1S/C18H12N4O5S/c23-16(9-21-14-6-1-2-7-15(14)27-18(21)24)20-17-19-13(10-28-17)11-4-3-5-12(8-11)22(25)26/h1-8,10H,9H2,(H,19,20,23). The Morgan fingerprint density at radius 2 is 2.07 bits per heavy atom. The van der Waals surface area contributed by atoms with E-state index in [0.717, 1.165) is 0 Å². The highest BCUT2D eigenvalue weighted by molar-refractivity contribution is 7.14. The third-order valence-electron chi connectivity index (χ3n) is 3.98. The van der Waals surface area contributed by atoms with Crippen molar-refractivity contribution < 1.29 is 14.1 Å². The number of anilines is 1. The molecule has 9 nitrogen and oxygen atoms in total. The summed E-state index contributed by atoms with van der Waals surface area (Å²) in [5.74, 6) is -1.05. The molecule has 1 amide bonds. The molecule has 4 aromatic rings. The normalized spacial score (nSPS) is 10.9. The lowest BCUT2D eigenvalue weighted by atomic mass is 10.1. The van der Waals surface area contributed by atoms with E-state index in [9.17, 15) is 19.7 Å². The van der Waals surface area contributed by atoms with Crippen LogP contribution in [0.4, 0.5) is 10.8 Å². The van der Waals surface area contributed by atoms with Crippen molar-refractivity contribution in [3.05, 3.63) is 74.6 Å². The zero-order valence-electron chi connectivity index (χ0n) is 14.2. The van der Waals surface area contributed by atoms with Gasteiger partial charge in [0.15, 0.2) is 10.7 Å². The fraction of sp³-hybridized carbons (Fsp3) is 0.0556. The van der Waals surface area contributed by atoms with Crippen LogP contribution in [-0.2, 0) is 11.3 Å². The van der Waals surface area contributed by atoms with Gasteiger partial charge in [-0.15, -0.1) is 11.3 Å². The zero-order valence-corrected chi connectivity index (χ0v) is 15.0. The van der Waals surface area contributed by atoms with E-state index in [-0.39, 0.29) is 12.2 Å². The molecule has 0 saturated carbocycles. The number of fused-ring (bicyclic) bond motifs is 1. The van der Waals surface area contributed by atoms with Crippen LogP contribution in [0.25, 0.3) is 22.4 Å². The summed E-state index contributed by atoms with van der Waals surface area (Å²) >= 11 is 1.18. The van der Waals surface area contributed by atoms with Crippen LogP contribution in [0.5, 0.6) is 0 Å². The van der Waals surface area contributed by atoms with Crippen LogP contribution in [0.15, 0.2) is 63.1 Å². The fourth-order valence-electron chi connectivity index (χ4n) is 2.71. The van der Waals surface area contributed by atoms with Crippen molar-refractivity contribution in [3.8, 4) is 11.3 Å². The van der Waals surface area contributed by atoms with Gasteiger partial charge in [-0.2, -0.15) is 0 Å². The Morgan fingerprint density at radius 3 is 2.89 bits per heavy atom. The lowest BCUT2D eigenvalue weighted by molar-refractivity contribution is -0.384. The van der Waals surface area contributed by atoms with E-state index in [4.69, 9.17) is 4.42 Å². The Hall–Kier alpha value is -3.79. The number of non-ortho nitro benzene ring substituents is 1. The first-order valence-electron chi connectivity index (χ1n) is 8.10. The Kier molecular flexibility index (Phi) is 4.45. The minimum Gasteiger partial charge on any atom is -0.408 e. The summed E-state index contributed by atoms with van der Waals surface area (Å²) in [6, 6.07) is 12.9. The maximum Gasteiger partial charge on any atom is 0.420 e. The minimum atomic E-state index is -0.618. The summed E-state index contributed by atoms with van der Waals surface area (Å²) < 4.78 is 6.34. The third kappa shape index (κ3) is 3.40. The van der Waals surface area contributed by atoms with Crippen molar-refractivity contribution in [3.63, 3.8) is 0 Å². The second-order valence-electron chi connectivity index (χ2n) is 5.82. The predicted octanol–water partition coefficient (Wildman–Crippen LogP) is 3.26. The van der Waals surface area contributed by atoms with Crippen LogP contribution in [0.1, 0.15) is 0 Å². The molecular formula is C18H12N4O5S. The van der Waals surface area contributed by atoms with E-state index in [1.54, 1.807) is 41.8 Å². The number of benzene rings is 2. The second kappa shape index (κ2) is 7.08. The second-order valence-corrected chi connectivity index (χ2v) is 6.67. The first-order chi connectivity index (χ1) is 13.5.